The summed E-state index contributed by atoms with van der Waals surface area (Å²) in [6.07, 6.45) is 7.10. The molecule has 3 heteroatoms. The second kappa shape index (κ2) is 4.94. The van der Waals surface area contributed by atoms with Crippen LogP contribution in [0.4, 0.5) is 0 Å². The Labute approximate surface area is 89.0 Å². The monoisotopic (exact) mass is 217 g/mol. The Morgan fingerprint density at radius 1 is 1.23 bits per heavy atom. The number of fused-ring (bicyclic) bond motifs is 2. The van der Waals surface area contributed by atoms with Gasteiger partial charge < -0.3 is 5.73 Å². The van der Waals surface area contributed by atoms with Gasteiger partial charge in [0.05, 0.1) is 0 Å². The highest BCUT2D eigenvalue weighted by Crippen LogP contribution is 2.44. The van der Waals surface area contributed by atoms with Crippen molar-refractivity contribution >= 4 is 21.6 Å². The number of nitrogens with two attached hydrogens (primary N) is 1. The topological polar surface area (TPSA) is 26.0 Å². The highest BCUT2D eigenvalue weighted by atomic mass is 33.1. The third-order valence-corrected chi connectivity index (χ3v) is 6.32. The van der Waals surface area contributed by atoms with E-state index in [1.54, 1.807) is 0 Å². The molecular formula is C10H19NS2. The van der Waals surface area contributed by atoms with Gasteiger partial charge in [0.25, 0.3) is 0 Å². The van der Waals surface area contributed by atoms with Gasteiger partial charge >= 0.3 is 0 Å². The first-order valence-electron chi connectivity index (χ1n) is 5.37. The molecule has 2 rings (SSSR count). The molecule has 1 saturated carbocycles. The predicted molar refractivity (Wildman–Crippen MR) is 63.0 cm³/mol. The van der Waals surface area contributed by atoms with E-state index in [2.05, 4.69) is 21.6 Å². The van der Waals surface area contributed by atoms with Gasteiger partial charge in [0, 0.05) is 11.0 Å². The summed E-state index contributed by atoms with van der Waals surface area (Å²) < 4.78 is 0. The van der Waals surface area contributed by atoms with E-state index >= 15 is 0 Å². The van der Waals surface area contributed by atoms with Crippen molar-refractivity contribution in [1.82, 2.24) is 0 Å². The van der Waals surface area contributed by atoms with Crippen LogP contribution in [-0.2, 0) is 0 Å². The van der Waals surface area contributed by atoms with Crippen LogP contribution in [-0.4, -0.2) is 17.5 Å². The molecule has 2 aliphatic rings. The maximum Gasteiger partial charge on any atom is 0.0154 e. The third kappa shape index (κ3) is 2.80. The molecule has 1 aliphatic heterocycles. The first kappa shape index (κ1) is 10.2. The lowest BCUT2D eigenvalue weighted by molar-refractivity contribution is 0.324. The summed E-state index contributed by atoms with van der Waals surface area (Å²) >= 11 is 0. The summed E-state index contributed by atoms with van der Waals surface area (Å²) in [4.78, 5) is 0. The summed E-state index contributed by atoms with van der Waals surface area (Å²) in [5, 5.41) is 0.961. The largest absolute Gasteiger partial charge is 0.330 e. The van der Waals surface area contributed by atoms with Crippen LogP contribution in [0.25, 0.3) is 0 Å². The van der Waals surface area contributed by atoms with Crippen molar-refractivity contribution in [2.24, 2.45) is 17.6 Å². The fourth-order valence-corrected chi connectivity index (χ4v) is 5.74. The molecule has 0 radical (unpaired) electrons. The number of hydrogen-bond donors (Lipinski definition) is 1. The van der Waals surface area contributed by atoms with Gasteiger partial charge in [-0.1, -0.05) is 28.0 Å². The van der Waals surface area contributed by atoms with Crippen LogP contribution >= 0.6 is 21.6 Å². The van der Waals surface area contributed by atoms with Gasteiger partial charge in [-0.25, -0.2) is 0 Å². The van der Waals surface area contributed by atoms with Crippen LogP contribution in [0.5, 0.6) is 0 Å². The third-order valence-electron chi connectivity index (χ3n) is 3.24. The van der Waals surface area contributed by atoms with Crippen molar-refractivity contribution in [3.8, 4) is 0 Å². The Morgan fingerprint density at radius 2 is 2.15 bits per heavy atom. The average molecular weight is 217 g/mol. The van der Waals surface area contributed by atoms with E-state index in [1.807, 2.05) is 0 Å². The Balaban J connectivity index is 1.91. The van der Waals surface area contributed by atoms with Gasteiger partial charge in [-0.2, -0.15) is 0 Å². The highest BCUT2D eigenvalue weighted by Gasteiger charge is 2.27. The SMILES string of the molecule is NCC1CCCC2CC(CSS2)C1. The van der Waals surface area contributed by atoms with Gasteiger partial charge in [-0.05, 0) is 44.1 Å². The van der Waals surface area contributed by atoms with E-state index in [-0.39, 0.29) is 0 Å². The van der Waals surface area contributed by atoms with Crippen molar-refractivity contribution < 1.29 is 0 Å². The molecule has 0 amide bonds. The summed E-state index contributed by atoms with van der Waals surface area (Å²) in [5.74, 6) is 3.18. The zero-order chi connectivity index (χ0) is 9.10. The molecule has 1 saturated heterocycles. The predicted octanol–water partition coefficient (Wildman–Crippen LogP) is 2.91. The van der Waals surface area contributed by atoms with Gasteiger partial charge in [-0.3, -0.25) is 0 Å². The fraction of sp³-hybridized carbons (Fsp3) is 1.00. The molecule has 0 aromatic rings. The standard InChI is InChI=1S/C10H19NS2/c11-6-8-2-1-3-10-5-9(4-8)7-12-13-10/h8-10H,1-7,11H2. The van der Waals surface area contributed by atoms with E-state index in [4.69, 9.17) is 5.73 Å². The van der Waals surface area contributed by atoms with Crippen molar-refractivity contribution in [3.05, 3.63) is 0 Å². The zero-order valence-corrected chi connectivity index (χ0v) is 9.71. The second-order valence-electron chi connectivity index (χ2n) is 4.37. The van der Waals surface area contributed by atoms with Crippen molar-refractivity contribution in [2.75, 3.05) is 12.3 Å². The van der Waals surface area contributed by atoms with Crippen LogP contribution in [0.2, 0.25) is 0 Å². The summed E-state index contributed by atoms with van der Waals surface area (Å²) in [6.45, 7) is 0.916. The summed E-state index contributed by atoms with van der Waals surface area (Å²) in [7, 11) is 4.23. The Hall–Kier alpha value is 0.660. The van der Waals surface area contributed by atoms with Gasteiger partial charge in [0.2, 0.25) is 0 Å². The molecule has 1 nitrogen and oxygen atoms in total. The van der Waals surface area contributed by atoms with Gasteiger partial charge in [-0.15, -0.1) is 0 Å². The smallest absolute Gasteiger partial charge is 0.0154 e. The molecule has 3 atom stereocenters. The lowest BCUT2D eigenvalue weighted by Crippen LogP contribution is -2.26. The lowest BCUT2D eigenvalue weighted by Gasteiger charge is -2.33. The summed E-state index contributed by atoms with van der Waals surface area (Å²) in [6, 6.07) is 0. The average Bonchev–Trinajstić information content (AvgIpc) is 2.15. The molecular weight excluding hydrogens is 198 g/mol. The van der Waals surface area contributed by atoms with E-state index in [9.17, 15) is 0 Å². The normalized spacial score (nSPS) is 40.8. The lowest BCUT2D eigenvalue weighted by atomic mass is 9.85. The minimum absolute atomic E-state index is 0.828. The van der Waals surface area contributed by atoms with Crippen molar-refractivity contribution in [3.63, 3.8) is 0 Å². The van der Waals surface area contributed by atoms with Gasteiger partial charge in [0.15, 0.2) is 0 Å². The Kier molecular flexibility index (Phi) is 3.87. The number of rotatable bonds is 1. The quantitative estimate of drug-likeness (QED) is 0.684. The minimum atomic E-state index is 0.828. The highest BCUT2D eigenvalue weighted by molar-refractivity contribution is 8.77. The second-order valence-corrected chi connectivity index (χ2v) is 7.09. The molecule has 1 aliphatic carbocycles. The van der Waals surface area contributed by atoms with Crippen molar-refractivity contribution in [1.29, 1.82) is 0 Å². The molecule has 0 spiro atoms. The fourth-order valence-electron chi connectivity index (χ4n) is 2.48. The van der Waals surface area contributed by atoms with Crippen LogP contribution in [0, 0.1) is 11.8 Å². The molecule has 76 valence electrons. The molecule has 2 bridgehead atoms. The maximum atomic E-state index is 5.78. The van der Waals surface area contributed by atoms with E-state index < -0.39 is 0 Å². The molecule has 1 heterocycles. The van der Waals surface area contributed by atoms with Crippen LogP contribution in [0.15, 0.2) is 0 Å². The maximum absolute atomic E-state index is 5.78. The van der Waals surface area contributed by atoms with Crippen LogP contribution in [0.3, 0.4) is 0 Å². The van der Waals surface area contributed by atoms with Crippen molar-refractivity contribution in [2.45, 2.75) is 37.4 Å². The number of hydrogen-bond acceptors (Lipinski definition) is 3. The molecule has 2 fully saturated rings. The van der Waals surface area contributed by atoms with Crippen LogP contribution < -0.4 is 5.73 Å². The molecule has 3 unspecified atom stereocenters. The van der Waals surface area contributed by atoms with E-state index in [1.165, 1.54) is 37.9 Å². The Morgan fingerprint density at radius 3 is 3.00 bits per heavy atom. The first-order valence-corrected chi connectivity index (χ1v) is 7.75. The summed E-state index contributed by atoms with van der Waals surface area (Å²) in [5.41, 5.74) is 5.78. The van der Waals surface area contributed by atoms with E-state index in [0.717, 1.165) is 23.6 Å². The van der Waals surface area contributed by atoms with Crippen LogP contribution in [0.1, 0.15) is 32.1 Å². The van der Waals surface area contributed by atoms with Gasteiger partial charge in [0.1, 0.15) is 0 Å². The minimum Gasteiger partial charge on any atom is -0.330 e. The molecule has 13 heavy (non-hydrogen) atoms. The zero-order valence-electron chi connectivity index (χ0n) is 8.08. The molecule has 0 aromatic carbocycles. The molecule has 0 aromatic heterocycles. The van der Waals surface area contributed by atoms with E-state index in [0.29, 0.717) is 0 Å². The Bertz CT molecular complexity index is 163. The molecule has 2 N–H and O–H groups in total. The first-order chi connectivity index (χ1) is 6.38.